The molecule has 20 heavy (non-hydrogen) atoms. The van der Waals surface area contributed by atoms with Crippen LogP contribution in [0.1, 0.15) is 37.7 Å². The Bertz CT molecular complexity index is 550. The predicted octanol–water partition coefficient (Wildman–Crippen LogP) is 3.08. The first-order valence-corrected chi connectivity index (χ1v) is 7.23. The van der Waals surface area contributed by atoms with Crippen molar-refractivity contribution in [3.05, 3.63) is 29.6 Å². The first kappa shape index (κ1) is 13.4. The highest BCUT2D eigenvalue weighted by molar-refractivity contribution is 5.30. The fraction of sp³-hybridized carbons (Fsp3) is 0.562. The molecule has 0 aliphatic heterocycles. The SMILES string of the molecule is Cc1cccc(OC2CCC(C#N)(NC3CC3)C2)c1F. The van der Waals surface area contributed by atoms with Gasteiger partial charge in [-0.15, -0.1) is 0 Å². The number of hydrogen-bond donors (Lipinski definition) is 1. The molecule has 3 nitrogen and oxygen atoms in total. The highest BCUT2D eigenvalue weighted by Gasteiger charge is 2.43. The third kappa shape index (κ3) is 2.64. The Hall–Kier alpha value is -1.60. The van der Waals surface area contributed by atoms with Gasteiger partial charge in [0, 0.05) is 12.5 Å². The first-order valence-electron chi connectivity index (χ1n) is 7.23. The second-order valence-electron chi connectivity index (χ2n) is 5.98. The number of halogens is 1. The maximum Gasteiger partial charge on any atom is 0.167 e. The molecular weight excluding hydrogens is 255 g/mol. The molecule has 0 saturated heterocycles. The quantitative estimate of drug-likeness (QED) is 0.917. The molecule has 2 unspecified atom stereocenters. The molecule has 0 spiro atoms. The van der Waals surface area contributed by atoms with Gasteiger partial charge in [-0.2, -0.15) is 5.26 Å². The number of nitriles is 1. The number of benzene rings is 1. The number of nitrogens with zero attached hydrogens (tertiary/aromatic N) is 1. The van der Waals surface area contributed by atoms with Gasteiger partial charge in [-0.05, 0) is 44.2 Å². The van der Waals surface area contributed by atoms with Crippen molar-refractivity contribution in [1.82, 2.24) is 5.32 Å². The minimum Gasteiger partial charge on any atom is -0.487 e. The van der Waals surface area contributed by atoms with Gasteiger partial charge in [0.2, 0.25) is 0 Å². The van der Waals surface area contributed by atoms with Crippen LogP contribution in [0.4, 0.5) is 4.39 Å². The van der Waals surface area contributed by atoms with E-state index in [-0.39, 0.29) is 11.9 Å². The summed E-state index contributed by atoms with van der Waals surface area (Å²) in [5.41, 5.74) is 0.106. The van der Waals surface area contributed by atoms with E-state index in [4.69, 9.17) is 4.74 Å². The van der Waals surface area contributed by atoms with Crippen LogP contribution in [0.5, 0.6) is 5.75 Å². The van der Waals surface area contributed by atoms with E-state index >= 15 is 0 Å². The Kier molecular flexibility index (Phi) is 3.39. The van der Waals surface area contributed by atoms with Gasteiger partial charge >= 0.3 is 0 Å². The Balaban J connectivity index is 1.67. The van der Waals surface area contributed by atoms with Crippen LogP contribution in [0, 0.1) is 24.1 Å². The molecule has 0 bridgehead atoms. The summed E-state index contributed by atoms with van der Waals surface area (Å²) in [7, 11) is 0. The smallest absolute Gasteiger partial charge is 0.167 e. The molecule has 3 rings (SSSR count). The normalized spacial score (nSPS) is 29.1. The van der Waals surface area contributed by atoms with E-state index in [2.05, 4.69) is 11.4 Å². The van der Waals surface area contributed by atoms with Crippen molar-refractivity contribution < 1.29 is 9.13 Å². The van der Waals surface area contributed by atoms with Crippen LogP contribution in [-0.4, -0.2) is 17.7 Å². The number of nitrogens with one attached hydrogen (secondary N) is 1. The molecule has 0 amide bonds. The molecule has 2 atom stereocenters. The third-order valence-corrected chi connectivity index (χ3v) is 4.19. The molecule has 4 heteroatoms. The van der Waals surface area contributed by atoms with Crippen LogP contribution in [-0.2, 0) is 0 Å². The molecule has 0 aromatic heterocycles. The van der Waals surface area contributed by atoms with E-state index in [1.807, 2.05) is 0 Å². The zero-order valence-electron chi connectivity index (χ0n) is 11.7. The van der Waals surface area contributed by atoms with E-state index in [9.17, 15) is 9.65 Å². The van der Waals surface area contributed by atoms with Crippen molar-refractivity contribution in [3.63, 3.8) is 0 Å². The minimum absolute atomic E-state index is 0.0859. The van der Waals surface area contributed by atoms with Crippen LogP contribution >= 0.6 is 0 Å². The third-order valence-electron chi connectivity index (χ3n) is 4.19. The van der Waals surface area contributed by atoms with Gasteiger partial charge in [-0.25, -0.2) is 4.39 Å². The van der Waals surface area contributed by atoms with Crippen molar-refractivity contribution >= 4 is 0 Å². The van der Waals surface area contributed by atoms with Crippen LogP contribution < -0.4 is 10.1 Å². The van der Waals surface area contributed by atoms with Crippen molar-refractivity contribution in [1.29, 1.82) is 5.26 Å². The monoisotopic (exact) mass is 274 g/mol. The summed E-state index contributed by atoms with van der Waals surface area (Å²) < 4.78 is 19.7. The second kappa shape index (κ2) is 5.06. The Morgan fingerprint density at radius 1 is 1.40 bits per heavy atom. The Morgan fingerprint density at radius 2 is 2.20 bits per heavy atom. The molecule has 1 aromatic rings. The van der Waals surface area contributed by atoms with E-state index in [0.29, 0.717) is 23.8 Å². The number of hydrogen-bond acceptors (Lipinski definition) is 3. The average Bonchev–Trinajstić information content (AvgIpc) is 3.15. The lowest BCUT2D eigenvalue weighted by Crippen LogP contribution is -2.43. The van der Waals surface area contributed by atoms with Crippen LogP contribution in [0.25, 0.3) is 0 Å². The summed E-state index contributed by atoms with van der Waals surface area (Å²) in [6, 6.07) is 8.07. The lowest BCUT2D eigenvalue weighted by molar-refractivity contribution is 0.192. The fourth-order valence-corrected chi connectivity index (χ4v) is 2.88. The number of rotatable bonds is 4. The van der Waals surface area contributed by atoms with E-state index in [1.165, 1.54) is 0 Å². The van der Waals surface area contributed by atoms with Gasteiger partial charge < -0.3 is 4.74 Å². The van der Waals surface area contributed by atoms with Crippen molar-refractivity contribution in [2.75, 3.05) is 0 Å². The maximum atomic E-state index is 13.9. The van der Waals surface area contributed by atoms with Crippen molar-refractivity contribution in [2.24, 2.45) is 0 Å². The van der Waals surface area contributed by atoms with Crippen LogP contribution in [0.15, 0.2) is 18.2 Å². The highest BCUT2D eigenvalue weighted by atomic mass is 19.1. The molecular formula is C16H19FN2O. The highest BCUT2D eigenvalue weighted by Crippen LogP contribution is 2.36. The van der Waals surface area contributed by atoms with Gasteiger partial charge in [0.05, 0.1) is 6.07 Å². The second-order valence-corrected chi connectivity index (χ2v) is 5.98. The summed E-state index contributed by atoms with van der Waals surface area (Å²) in [6.45, 7) is 1.73. The number of ether oxygens (including phenoxy) is 1. The summed E-state index contributed by atoms with van der Waals surface area (Å²) in [5.74, 6) is 0.00673. The minimum atomic E-state index is -0.480. The summed E-state index contributed by atoms with van der Waals surface area (Å²) in [5, 5.41) is 12.9. The van der Waals surface area contributed by atoms with Gasteiger partial charge in [-0.1, -0.05) is 12.1 Å². The average molecular weight is 274 g/mol. The van der Waals surface area contributed by atoms with Gasteiger partial charge in [0.15, 0.2) is 11.6 Å². The van der Waals surface area contributed by atoms with E-state index in [0.717, 1.165) is 25.7 Å². The lowest BCUT2D eigenvalue weighted by Gasteiger charge is -2.23. The maximum absolute atomic E-state index is 13.9. The molecule has 2 fully saturated rings. The molecule has 1 aromatic carbocycles. The van der Waals surface area contributed by atoms with E-state index < -0.39 is 5.54 Å². The van der Waals surface area contributed by atoms with Crippen molar-refractivity contribution in [2.45, 2.75) is 56.7 Å². The van der Waals surface area contributed by atoms with E-state index in [1.54, 1.807) is 25.1 Å². The zero-order valence-corrected chi connectivity index (χ0v) is 11.7. The molecule has 0 radical (unpaired) electrons. The largest absolute Gasteiger partial charge is 0.487 e. The Labute approximate surface area is 118 Å². The standard InChI is InChI=1S/C16H19FN2O/c1-11-3-2-4-14(15(11)17)20-13-7-8-16(9-13,10-18)19-12-5-6-12/h2-4,12-13,19H,5-9H2,1H3. The lowest BCUT2D eigenvalue weighted by atomic mass is 9.99. The molecule has 106 valence electrons. The van der Waals surface area contributed by atoms with Crippen LogP contribution in [0.3, 0.4) is 0 Å². The van der Waals surface area contributed by atoms with Gasteiger partial charge in [-0.3, -0.25) is 5.32 Å². The number of aryl methyl sites for hydroxylation is 1. The molecule has 2 saturated carbocycles. The molecule has 0 heterocycles. The Morgan fingerprint density at radius 3 is 2.90 bits per heavy atom. The topological polar surface area (TPSA) is 45.0 Å². The van der Waals surface area contributed by atoms with Gasteiger partial charge in [0.1, 0.15) is 11.6 Å². The predicted molar refractivity (Wildman–Crippen MR) is 73.9 cm³/mol. The van der Waals surface area contributed by atoms with Crippen molar-refractivity contribution in [3.8, 4) is 11.8 Å². The molecule has 2 aliphatic rings. The van der Waals surface area contributed by atoms with Crippen LogP contribution in [0.2, 0.25) is 0 Å². The zero-order chi connectivity index (χ0) is 14.2. The fourth-order valence-electron chi connectivity index (χ4n) is 2.88. The first-order chi connectivity index (χ1) is 9.62. The van der Waals surface area contributed by atoms with Gasteiger partial charge in [0.25, 0.3) is 0 Å². The molecule has 2 aliphatic carbocycles. The summed E-state index contributed by atoms with van der Waals surface area (Å²) >= 11 is 0. The molecule has 1 N–H and O–H groups in total. The summed E-state index contributed by atoms with van der Waals surface area (Å²) in [4.78, 5) is 0. The summed E-state index contributed by atoms with van der Waals surface area (Å²) in [6.07, 6.45) is 4.42.